The van der Waals surface area contributed by atoms with E-state index in [1.807, 2.05) is 24.3 Å². The molecule has 0 amide bonds. The second-order valence-corrected chi connectivity index (χ2v) is 5.83. The number of anilines is 1. The molecule has 0 bridgehead atoms. The number of aliphatic hydroxyl groups excluding tert-OH is 1. The fourth-order valence-corrected chi connectivity index (χ4v) is 3.42. The molecule has 1 aliphatic carbocycles. The Labute approximate surface area is 124 Å². The lowest BCUT2D eigenvalue weighted by Crippen LogP contribution is -2.25. The number of pyridine rings is 1. The average molecular weight is 291 g/mol. The lowest BCUT2D eigenvalue weighted by atomic mass is 10.00. The van der Waals surface area contributed by atoms with Crippen LogP contribution in [0.25, 0.3) is 10.8 Å². The van der Waals surface area contributed by atoms with E-state index in [2.05, 4.69) is 16.4 Å². The molecule has 2 unspecified atom stereocenters. The molecule has 1 fully saturated rings. The van der Waals surface area contributed by atoms with Gasteiger partial charge in [-0.2, -0.15) is 0 Å². The second-order valence-electron chi connectivity index (χ2n) is 5.47. The van der Waals surface area contributed by atoms with Crippen molar-refractivity contribution in [2.75, 3.05) is 11.9 Å². The highest BCUT2D eigenvalue weighted by Gasteiger charge is 2.26. The minimum Gasteiger partial charge on any atom is -0.396 e. The number of aromatic nitrogens is 1. The number of hydrogen-bond donors (Lipinski definition) is 2. The normalized spacial score (nSPS) is 22.3. The Hall–Kier alpha value is -1.32. The molecular weight excluding hydrogens is 272 g/mol. The van der Waals surface area contributed by atoms with Gasteiger partial charge in [-0.1, -0.05) is 42.3 Å². The third-order valence-corrected chi connectivity index (χ3v) is 4.47. The molecule has 20 heavy (non-hydrogen) atoms. The van der Waals surface area contributed by atoms with E-state index in [9.17, 15) is 0 Å². The number of fused-ring (bicyclic) bond motifs is 1. The van der Waals surface area contributed by atoms with Crippen molar-refractivity contribution in [1.82, 2.24) is 4.98 Å². The highest BCUT2D eigenvalue weighted by atomic mass is 35.5. The predicted octanol–water partition coefficient (Wildman–Crippen LogP) is 3.85. The Balaban J connectivity index is 1.84. The lowest BCUT2D eigenvalue weighted by Gasteiger charge is -2.21. The van der Waals surface area contributed by atoms with E-state index in [4.69, 9.17) is 16.7 Å². The van der Waals surface area contributed by atoms with Crippen molar-refractivity contribution in [2.45, 2.75) is 31.7 Å². The Morgan fingerprint density at radius 2 is 2.15 bits per heavy atom. The van der Waals surface area contributed by atoms with E-state index in [-0.39, 0.29) is 6.61 Å². The summed E-state index contributed by atoms with van der Waals surface area (Å²) in [5.41, 5.74) is 0. The lowest BCUT2D eigenvalue weighted by molar-refractivity contribution is 0.254. The van der Waals surface area contributed by atoms with Gasteiger partial charge in [0.25, 0.3) is 0 Å². The first-order chi connectivity index (χ1) is 9.78. The summed E-state index contributed by atoms with van der Waals surface area (Å²) in [6, 6.07) is 10.5. The van der Waals surface area contributed by atoms with Crippen LogP contribution >= 0.6 is 11.6 Å². The van der Waals surface area contributed by atoms with Gasteiger partial charge >= 0.3 is 0 Å². The Bertz CT molecular complexity index is 602. The van der Waals surface area contributed by atoms with Gasteiger partial charge in [0.2, 0.25) is 0 Å². The molecule has 1 heterocycles. The number of nitrogens with one attached hydrogen (secondary N) is 1. The Morgan fingerprint density at radius 3 is 3.00 bits per heavy atom. The van der Waals surface area contributed by atoms with Gasteiger partial charge in [0.1, 0.15) is 11.0 Å². The molecule has 0 saturated heterocycles. The van der Waals surface area contributed by atoms with Crippen molar-refractivity contribution in [3.63, 3.8) is 0 Å². The van der Waals surface area contributed by atoms with Crippen LogP contribution in [0.5, 0.6) is 0 Å². The smallest absolute Gasteiger partial charge is 0.139 e. The minimum absolute atomic E-state index is 0.259. The molecule has 1 aromatic carbocycles. The van der Waals surface area contributed by atoms with E-state index in [0.29, 0.717) is 17.1 Å². The molecule has 1 aliphatic rings. The van der Waals surface area contributed by atoms with E-state index in [1.165, 1.54) is 12.8 Å². The van der Waals surface area contributed by atoms with Gasteiger partial charge < -0.3 is 10.4 Å². The second kappa shape index (κ2) is 5.98. The van der Waals surface area contributed by atoms with E-state index < -0.39 is 0 Å². The summed E-state index contributed by atoms with van der Waals surface area (Å²) >= 11 is 6.25. The van der Waals surface area contributed by atoms with Crippen molar-refractivity contribution in [3.8, 4) is 0 Å². The molecule has 3 nitrogen and oxygen atoms in total. The van der Waals surface area contributed by atoms with Gasteiger partial charge in [-0.15, -0.1) is 0 Å². The summed E-state index contributed by atoms with van der Waals surface area (Å²) in [4.78, 5) is 4.45. The third-order valence-electron chi connectivity index (χ3n) is 4.19. The topological polar surface area (TPSA) is 45.1 Å². The monoisotopic (exact) mass is 290 g/mol. The van der Waals surface area contributed by atoms with Crippen LogP contribution in [-0.2, 0) is 0 Å². The molecular formula is C16H19ClN2O. The third kappa shape index (κ3) is 2.74. The van der Waals surface area contributed by atoms with Gasteiger partial charge in [-0.05, 0) is 36.6 Å². The zero-order valence-corrected chi connectivity index (χ0v) is 12.1. The van der Waals surface area contributed by atoms with Crippen LogP contribution in [0.3, 0.4) is 0 Å². The number of hydrogen-bond acceptors (Lipinski definition) is 3. The molecule has 3 rings (SSSR count). The molecule has 1 aromatic heterocycles. The molecule has 0 aliphatic heterocycles. The first-order valence-corrected chi connectivity index (χ1v) is 7.58. The number of rotatable bonds is 4. The molecule has 0 spiro atoms. The zero-order valence-electron chi connectivity index (χ0n) is 11.3. The van der Waals surface area contributed by atoms with Gasteiger partial charge in [-0.25, -0.2) is 4.98 Å². The van der Waals surface area contributed by atoms with Crippen LogP contribution in [0, 0.1) is 5.92 Å². The highest BCUT2D eigenvalue weighted by Crippen LogP contribution is 2.32. The maximum Gasteiger partial charge on any atom is 0.139 e. The van der Waals surface area contributed by atoms with Crippen LogP contribution in [0.15, 0.2) is 30.3 Å². The molecule has 2 N–H and O–H groups in total. The van der Waals surface area contributed by atoms with Crippen molar-refractivity contribution in [2.24, 2.45) is 5.92 Å². The van der Waals surface area contributed by atoms with Crippen LogP contribution in [0.4, 0.5) is 5.82 Å². The van der Waals surface area contributed by atoms with Crippen molar-refractivity contribution >= 4 is 28.2 Å². The fourth-order valence-electron chi connectivity index (χ4n) is 3.16. The van der Waals surface area contributed by atoms with Gasteiger partial charge in [-0.3, -0.25) is 0 Å². The summed E-state index contributed by atoms with van der Waals surface area (Å²) in [5, 5.41) is 15.3. The van der Waals surface area contributed by atoms with Crippen LogP contribution < -0.4 is 5.32 Å². The van der Waals surface area contributed by atoms with Crippen molar-refractivity contribution < 1.29 is 5.11 Å². The quantitative estimate of drug-likeness (QED) is 0.841. The standard InChI is InChI=1S/C16H19ClN2O/c17-16-13-6-2-1-4-12(13)10-15(19-16)18-14-7-3-5-11(14)8-9-20/h1-2,4,6,10-11,14,20H,3,5,7-9H2,(H,18,19). The number of aliphatic hydroxyl groups is 1. The molecule has 2 atom stereocenters. The van der Waals surface area contributed by atoms with Crippen molar-refractivity contribution in [3.05, 3.63) is 35.5 Å². The Kier molecular flexibility index (Phi) is 4.08. The van der Waals surface area contributed by atoms with Crippen LogP contribution in [0.2, 0.25) is 5.15 Å². The summed E-state index contributed by atoms with van der Waals surface area (Å²) in [6.07, 6.45) is 4.39. The van der Waals surface area contributed by atoms with Gasteiger partial charge in [0.05, 0.1) is 0 Å². The number of benzene rings is 1. The first-order valence-electron chi connectivity index (χ1n) is 7.20. The van der Waals surface area contributed by atoms with Gasteiger partial charge in [0.15, 0.2) is 0 Å². The van der Waals surface area contributed by atoms with E-state index >= 15 is 0 Å². The average Bonchev–Trinajstić information content (AvgIpc) is 2.87. The summed E-state index contributed by atoms with van der Waals surface area (Å²) < 4.78 is 0. The fraction of sp³-hybridized carbons (Fsp3) is 0.438. The summed E-state index contributed by atoms with van der Waals surface area (Å²) in [6.45, 7) is 0.259. The molecule has 2 aromatic rings. The minimum atomic E-state index is 0.259. The van der Waals surface area contributed by atoms with E-state index in [1.54, 1.807) is 0 Å². The predicted molar refractivity (Wildman–Crippen MR) is 83.2 cm³/mol. The molecule has 1 saturated carbocycles. The van der Waals surface area contributed by atoms with Gasteiger partial charge in [0, 0.05) is 18.0 Å². The Morgan fingerprint density at radius 1 is 1.30 bits per heavy atom. The molecule has 106 valence electrons. The van der Waals surface area contributed by atoms with Crippen LogP contribution in [-0.4, -0.2) is 22.7 Å². The first kappa shape index (κ1) is 13.7. The number of nitrogens with zero attached hydrogens (tertiary/aromatic N) is 1. The SMILES string of the molecule is OCCC1CCCC1Nc1cc2ccccc2c(Cl)n1. The summed E-state index contributed by atoms with van der Waals surface area (Å²) in [7, 11) is 0. The molecule has 0 radical (unpaired) electrons. The zero-order chi connectivity index (χ0) is 13.9. The molecule has 4 heteroatoms. The van der Waals surface area contributed by atoms with Crippen molar-refractivity contribution in [1.29, 1.82) is 0 Å². The summed E-state index contributed by atoms with van der Waals surface area (Å²) in [5.74, 6) is 1.37. The largest absolute Gasteiger partial charge is 0.396 e. The number of halogens is 1. The maximum atomic E-state index is 9.13. The van der Waals surface area contributed by atoms with E-state index in [0.717, 1.165) is 29.4 Å². The van der Waals surface area contributed by atoms with Crippen LogP contribution in [0.1, 0.15) is 25.7 Å². The maximum absolute atomic E-state index is 9.13. The highest BCUT2D eigenvalue weighted by molar-refractivity contribution is 6.34.